The molecule has 3 amide bonds. The molecular weight excluding hydrogens is 462 g/mol. The Hall–Kier alpha value is -4.10. The standard InChI is InChI=1S/C27H26ClN5O2/c1-3-32(27(35)29-22-11-7-8-19(2)16-22)18-26(34)30-25-17-24(20-9-5-4-6-10-20)31-33(25)23-14-12-21(28)13-15-23/h4-17H,3,18H2,1-2H3,(H,29,35)(H,30,34). The quantitative estimate of drug-likeness (QED) is 0.336. The molecule has 1 aromatic heterocycles. The molecule has 3 aromatic carbocycles. The predicted molar refractivity (Wildman–Crippen MR) is 140 cm³/mol. The first-order chi connectivity index (χ1) is 16.9. The molecule has 8 heteroatoms. The molecule has 0 aliphatic rings. The SMILES string of the molecule is CCN(CC(=O)Nc1cc(-c2ccccc2)nn1-c1ccc(Cl)cc1)C(=O)Nc1cccc(C)c1. The number of carbonyl (C=O) groups excluding carboxylic acids is 2. The van der Waals surface area contributed by atoms with Crippen molar-refractivity contribution in [3.05, 3.63) is 95.5 Å². The second-order valence-corrected chi connectivity index (χ2v) is 8.47. The van der Waals surface area contributed by atoms with E-state index in [4.69, 9.17) is 16.7 Å². The normalized spacial score (nSPS) is 10.6. The zero-order valence-corrected chi connectivity index (χ0v) is 20.3. The van der Waals surface area contributed by atoms with Crippen LogP contribution in [0.4, 0.5) is 16.3 Å². The van der Waals surface area contributed by atoms with E-state index < -0.39 is 0 Å². The van der Waals surface area contributed by atoms with Gasteiger partial charge in [-0.25, -0.2) is 9.48 Å². The van der Waals surface area contributed by atoms with Crippen molar-refractivity contribution in [1.82, 2.24) is 14.7 Å². The fourth-order valence-corrected chi connectivity index (χ4v) is 3.73. The van der Waals surface area contributed by atoms with Crippen LogP contribution in [-0.2, 0) is 4.79 Å². The number of amides is 3. The Morgan fingerprint density at radius 1 is 0.943 bits per heavy atom. The monoisotopic (exact) mass is 487 g/mol. The van der Waals surface area contributed by atoms with Crippen molar-refractivity contribution in [1.29, 1.82) is 0 Å². The Morgan fingerprint density at radius 2 is 1.69 bits per heavy atom. The summed E-state index contributed by atoms with van der Waals surface area (Å²) in [5.74, 6) is 0.160. The van der Waals surface area contributed by atoms with Gasteiger partial charge in [-0.2, -0.15) is 5.10 Å². The van der Waals surface area contributed by atoms with Crippen molar-refractivity contribution in [2.24, 2.45) is 0 Å². The summed E-state index contributed by atoms with van der Waals surface area (Å²) in [5, 5.41) is 11.1. The second kappa shape index (κ2) is 10.9. The van der Waals surface area contributed by atoms with Crippen LogP contribution in [0.15, 0.2) is 84.9 Å². The van der Waals surface area contributed by atoms with Crippen LogP contribution in [0.3, 0.4) is 0 Å². The van der Waals surface area contributed by atoms with Gasteiger partial charge >= 0.3 is 6.03 Å². The van der Waals surface area contributed by atoms with Crippen LogP contribution >= 0.6 is 11.6 Å². The maximum Gasteiger partial charge on any atom is 0.322 e. The van der Waals surface area contributed by atoms with Crippen LogP contribution in [0.5, 0.6) is 0 Å². The van der Waals surface area contributed by atoms with Crippen LogP contribution in [0.25, 0.3) is 16.9 Å². The number of carbonyl (C=O) groups is 2. The highest BCUT2D eigenvalue weighted by molar-refractivity contribution is 6.30. The highest BCUT2D eigenvalue weighted by Gasteiger charge is 2.19. The number of anilines is 2. The molecule has 0 aliphatic carbocycles. The van der Waals surface area contributed by atoms with Crippen molar-refractivity contribution in [2.45, 2.75) is 13.8 Å². The number of aryl methyl sites for hydroxylation is 1. The summed E-state index contributed by atoms with van der Waals surface area (Å²) in [6.07, 6.45) is 0. The Labute approximate surface area is 209 Å². The summed E-state index contributed by atoms with van der Waals surface area (Å²) < 4.78 is 1.65. The lowest BCUT2D eigenvalue weighted by Crippen LogP contribution is -2.40. The zero-order chi connectivity index (χ0) is 24.8. The van der Waals surface area contributed by atoms with Crippen LogP contribution in [0.2, 0.25) is 5.02 Å². The van der Waals surface area contributed by atoms with Crippen molar-refractivity contribution in [3.63, 3.8) is 0 Å². The number of nitrogens with zero attached hydrogens (tertiary/aromatic N) is 3. The summed E-state index contributed by atoms with van der Waals surface area (Å²) >= 11 is 6.05. The van der Waals surface area contributed by atoms with Gasteiger partial charge in [-0.15, -0.1) is 0 Å². The lowest BCUT2D eigenvalue weighted by molar-refractivity contribution is -0.116. The molecule has 4 aromatic rings. The van der Waals surface area contributed by atoms with Gasteiger partial charge in [0.25, 0.3) is 0 Å². The first-order valence-electron chi connectivity index (χ1n) is 11.3. The summed E-state index contributed by atoms with van der Waals surface area (Å²) in [5.41, 5.74) is 4.09. The number of likely N-dealkylation sites (N-methyl/N-ethyl adjacent to an activating group) is 1. The molecule has 0 fully saturated rings. The highest BCUT2D eigenvalue weighted by atomic mass is 35.5. The van der Waals surface area contributed by atoms with Crippen LogP contribution in [0, 0.1) is 6.92 Å². The number of hydrogen-bond acceptors (Lipinski definition) is 3. The third-order valence-electron chi connectivity index (χ3n) is 5.39. The van der Waals surface area contributed by atoms with Gasteiger partial charge in [0.15, 0.2) is 0 Å². The van der Waals surface area contributed by atoms with E-state index >= 15 is 0 Å². The van der Waals surface area contributed by atoms with E-state index in [1.54, 1.807) is 16.8 Å². The Morgan fingerprint density at radius 3 is 2.37 bits per heavy atom. The van der Waals surface area contributed by atoms with Gasteiger partial charge in [0, 0.05) is 28.9 Å². The van der Waals surface area contributed by atoms with Crippen molar-refractivity contribution < 1.29 is 9.59 Å². The van der Waals surface area contributed by atoms with Gasteiger partial charge in [-0.1, -0.05) is 54.1 Å². The largest absolute Gasteiger partial charge is 0.322 e. The van der Waals surface area contributed by atoms with Crippen molar-refractivity contribution in [3.8, 4) is 16.9 Å². The number of rotatable bonds is 7. The minimum atomic E-state index is -0.343. The van der Waals surface area contributed by atoms with E-state index in [9.17, 15) is 9.59 Å². The van der Waals surface area contributed by atoms with E-state index in [2.05, 4.69) is 10.6 Å². The molecule has 0 spiro atoms. The average molecular weight is 488 g/mol. The van der Waals surface area contributed by atoms with Gasteiger partial charge in [-0.3, -0.25) is 4.79 Å². The first-order valence-corrected chi connectivity index (χ1v) is 11.6. The summed E-state index contributed by atoms with van der Waals surface area (Å²) in [4.78, 5) is 27.2. The zero-order valence-electron chi connectivity index (χ0n) is 19.5. The Bertz CT molecular complexity index is 1320. The van der Waals surface area contributed by atoms with Gasteiger partial charge in [0.05, 0.1) is 11.4 Å². The highest BCUT2D eigenvalue weighted by Crippen LogP contribution is 2.25. The summed E-state index contributed by atoms with van der Waals surface area (Å²) in [6.45, 7) is 4.04. The predicted octanol–water partition coefficient (Wildman–Crippen LogP) is 5.99. The fraction of sp³-hybridized carbons (Fsp3) is 0.148. The molecule has 0 saturated carbocycles. The van der Waals surface area contributed by atoms with Gasteiger partial charge in [0.1, 0.15) is 12.4 Å². The lowest BCUT2D eigenvalue weighted by Gasteiger charge is -2.21. The summed E-state index contributed by atoms with van der Waals surface area (Å²) in [6, 6.07) is 25.9. The maximum absolute atomic E-state index is 13.0. The van der Waals surface area contributed by atoms with E-state index in [0.717, 1.165) is 16.8 Å². The molecule has 0 radical (unpaired) electrons. The molecule has 1 heterocycles. The molecule has 0 unspecified atom stereocenters. The third kappa shape index (κ3) is 6.07. The van der Waals surface area contributed by atoms with Crippen molar-refractivity contribution >= 4 is 35.0 Å². The fourth-order valence-electron chi connectivity index (χ4n) is 3.61. The maximum atomic E-state index is 13.0. The molecule has 0 atom stereocenters. The van der Waals surface area contributed by atoms with Gasteiger partial charge < -0.3 is 15.5 Å². The number of hydrogen-bond donors (Lipinski definition) is 2. The number of nitrogens with one attached hydrogen (secondary N) is 2. The number of benzene rings is 3. The molecule has 0 bridgehead atoms. The van der Waals surface area contributed by atoms with E-state index in [-0.39, 0.29) is 18.5 Å². The van der Waals surface area contributed by atoms with E-state index in [1.807, 2.05) is 86.6 Å². The minimum Gasteiger partial charge on any atom is -0.315 e. The molecule has 0 saturated heterocycles. The van der Waals surface area contributed by atoms with Crippen LogP contribution in [-0.4, -0.2) is 39.7 Å². The van der Waals surface area contributed by atoms with E-state index in [1.165, 1.54) is 4.90 Å². The average Bonchev–Trinajstić information content (AvgIpc) is 3.27. The minimum absolute atomic E-state index is 0.110. The number of aromatic nitrogens is 2. The molecular formula is C27H26ClN5O2. The van der Waals surface area contributed by atoms with E-state index in [0.29, 0.717) is 28.8 Å². The topological polar surface area (TPSA) is 79.3 Å². The lowest BCUT2D eigenvalue weighted by atomic mass is 10.1. The third-order valence-corrected chi connectivity index (χ3v) is 5.64. The van der Waals surface area contributed by atoms with Gasteiger partial charge in [-0.05, 0) is 55.8 Å². The molecule has 4 rings (SSSR count). The van der Waals surface area contributed by atoms with Gasteiger partial charge in [0.2, 0.25) is 5.91 Å². The molecule has 7 nitrogen and oxygen atoms in total. The number of urea groups is 1. The second-order valence-electron chi connectivity index (χ2n) is 8.03. The molecule has 2 N–H and O–H groups in total. The Balaban J connectivity index is 1.53. The molecule has 35 heavy (non-hydrogen) atoms. The smallest absolute Gasteiger partial charge is 0.315 e. The van der Waals surface area contributed by atoms with Crippen LogP contribution < -0.4 is 10.6 Å². The Kier molecular flexibility index (Phi) is 7.48. The molecule has 178 valence electrons. The molecule has 0 aliphatic heterocycles. The van der Waals surface area contributed by atoms with Crippen LogP contribution in [0.1, 0.15) is 12.5 Å². The van der Waals surface area contributed by atoms with Crippen molar-refractivity contribution in [2.75, 3.05) is 23.7 Å². The number of halogens is 1. The summed E-state index contributed by atoms with van der Waals surface area (Å²) in [7, 11) is 0. The first kappa shape index (κ1) is 24.0.